The quantitative estimate of drug-likeness (QED) is 0.306. The predicted octanol–water partition coefficient (Wildman–Crippen LogP) is 3.48. The Morgan fingerprint density at radius 1 is 1.13 bits per heavy atom. The first-order chi connectivity index (χ1) is 14.0. The van der Waals surface area contributed by atoms with Crippen LogP contribution in [0, 0.1) is 0 Å². The van der Waals surface area contributed by atoms with Crippen LogP contribution in [0.3, 0.4) is 0 Å². The van der Waals surface area contributed by atoms with Gasteiger partial charge >= 0.3 is 10.3 Å². The number of aliphatic hydroxyl groups is 1. The molecule has 1 aromatic heterocycles. The van der Waals surface area contributed by atoms with Crippen LogP contribution in [0.5, 0.6) is 0 Å². The third-order valence-corrected chi connectivity index (χ3v) is 5.70. The summed E-state index contributed by atoms with van der Waals surface area (Å²) in [4.78, 5) is 4.69. The molecule has 2 aromatic carbocycles. The normalized spacial score (nSPS) is 14.6. The van der Waals surface area contributed by atoms with Crippen molar-refractivity contribution in [2.24, 2.45) is 0 Å². The van der Waals surface area contributed by atoms with Gasteiger partial charge < -0.3 is 9.84 Å². The highest BCUT2D eigenvalue weighted by Gasteiger charge is 2.23. The van der Waals surface area contributed by atoms with Gasteiger partial charge in [-0.05, 0) is 57.0 Å². The van der Waals surface area contributed by atoms with Gasteiger partial charge in [-0.2, -0.15) is 8.42 Å². The van der Waals surface area contributed by atoms with Gasteiger partial charge in [0.15, 0.2) is 0 Å². The summed E-state index contributed by atoms with van der Waals surface area (Å²) in [6.45, 7) is 5.56. The number of aliphatic hydroxyl groups excluding tert-OH is 1. The van der Waals surface area contributed by atoms with Crippen molar-refractivity contribution in [1.82, 2.24) is 10.3 Å². The lowest BCUT2D eigenvalue weighted by Gasteiger charge is -2.27. The van der Waals surface area contributed by atoms with Gasteiger partial charge in [-0.25, -0.2) is 4.98 Å². The molecule has 0 saturated carbocycles. The third-order valence-electron chi connectivity index (χ3n) is 4.06. The van der Waals surface area contributed by atoms with E-state index in [9.17, 15) is 13.5 Å². The van der Waals surface area contributed by atoms with E-state index in [1.54, 1.807) is 24.3 Å². The minimum absolute atomic E-state index is 0.252. The number of benzene rings is 2. The Morgan fingerprint density at radius 2 is 1.80 bits per heavy atom. The summed E-state index contributed by atoms with van der Waals surface area (Å²) in [6.07, 6.45) is -0.709. The molecule has 162 valence electrons. The van der Waals surface area contributed by atoms with E-state index in [1.807, 2.05) is 49.8 Å². The molecular weight excluding hydrogens is 426 g/mol. The van der Waals surface area contributed by atoms with Gasteiger partial charge in [-0.3, -0.25) is 14.6 Å². The zero-order chi connectivity index (χ0) is 21.9. The maximum Gasteiger partial charge on any atom is 0.357 e. The topological polar surface area (TPSA) is 121 Å². The van der Waals surface area contributed by atoms with E-state index >= 15 is 0 Å². The standard InChI is InChI=1S/C20H25N3O5S2/c1-20(2,3)28-19(24)22-16(18-21-15-6-4-5-7-17(15)29-18)12-13-8-10-14(11-9-13)23-30(25,26)27/h4-11,16,19,22-24H,12H2,1-3H3,(H,25,26,27)/t16-,19?/m0/s1. The molecule has 0 radical (unpaired) electrons. The fourth-order valence-corrected chi connectivity index (χ4v) is 4.35. The molecule has 0 spiro atoms. The van der Waals surface area contributed by atoms with E-state index in [1.165, 1.54) is 11.3 Å². The van der Waals surface area contributed by atoms with Gasteiger partial charge in [0, 0.05) is 0 Å². The molecule has 8 nitrogen and oxygen atoms in total. The molecule has 1 unspecified atom stereocenters. The molecule has 30 heavy (non-hydrogen) atoms. The van der Waals surface area contributed by atoms with E-state index < -0.39 is 22.3 Å². The molecule has 0 aliphatic heterocycles. The van der Waals surface area contributed by atoms with E-state index in [2.05, 4.69) is 10.3 Å². The Labute approximate surface area is 179 Å². The number of hydrogen-bond acceptors (Lipinski definition) is 7. The molecule has 0 saturated heterocycles. The Hall–Kier alpha value is -2.08. The SMILES string of the molecule is CC(C)(C)OC(O)N[C@@H](Cc1ccc(NS(=O)(=O)O)cc1)c1nc2ccccc2s1. The summed E-state index contributed by atoms with van der Waals surface area (Å²) < 4.78 is 39.5. The largest absolute Gasteiger partial charge is 0.357 e. The summed E-state index contributed by atoms with van der Waals surface area (Å²) >= 11 is 1.53. The summed E-state index contributed by atoms with van der Waals surface area (Å²) in [7, 11) is -4.32. The summed E-state index contributed by atoms with van der Waals surface area (Å²) in [5.74, 6) is 0. The average Bonchev–Trinajstić information content (AvgIpc) is 3.04. The second-order valence-corrected chi connectivity index (χ2v) is 10.0. The van der Waals surface area contributed by atoms with E-state index in [0.29, 0.717) is 6.42 Å². The molecule has 3 aromatic rings. The highest BCUT2D eigenvalue weighted by Crippen LogP contribution is 2.29. The minimum atomic E-state index is -4.32. The van der Waals surface area contributed by atoms with E-state index in [0.717, 1.165) is 20.8 Å². The first kappa shape index (κ1) is 22.6. The van der Waals surface area contributed by atoms with Gasteiger partial charge in [-0.1, -0.05) is 24.3 Å². The number of hydrogen-bond donors (Lipinski definition) is 4. The molecule has 0 aliphatic carbocycles. The molecule has 10 heteroatoms. The number of nitrogens with one attached hydrogen (secondary N) is 2. The smallest absolute Gasteiger partial charge is 0.356 e. The van der Waals surface area contributed by atoms with Crippen LogP contribution in [0.2, 0.25) is 0 Å². The Kier molecular flexibility index (Phi) is 6.75. The van der Waals surface area contributed by atoms with Crippen LogP contribution in [0.1, 0.15) is 37.4 Å². The minimum Gasteiger partial charge on any atom is -0.356 e. The van der Waals surface area contributed by atoms with E-state index in [4.69, 9.17) is 9.29 Å². The molecule has 4 N–H and O–H groups in total. The Bertz CT molecular complexity index is 1060. The van der Waals surface area contributed by atoms with Gasteiger partial charge in [0.2, 0.25) is 6.41 Å². The fourth-order valence-electron chi connectivity index (χ4n) is 2.89. The van der Waals surface area contributed by atoms with Gasteiger partial charge in [0.1, 0.15) is 5.01 Å². The molecule has 3 rings (SSSR count). The van der Waals surface area contributed by atoms with Crippen molar-refractivity contribution in [3.8, 4) is 0 Å². The number of anilines is 1. The monoisotopic (exact) mass is 451 g/mol. The van der Waals surface area contributed by atoms with Crippen LogP contribution in [-0.4, -0.2) is 35.1 Å². The van der Waals surface area contributed by atoms with Gasteiger partial charge in [0.05, 0.1) is 27.5 Å². The lowest BCUT2D eigenvalue weighted by molar-refractivity contribution is -0.185. The van der Waals surface area contributed by atoms with Gasteiger partial charge in [-0.15, -0.1) is 11.3 Å². The number of thiazole rings is 1. The number of nitrogens with zero attached hydrogens (tertiary/aromatic N) is 1. The predicted molar refractivity (Wildman–Crippen MR) is 118 cm³/mol. The third kappa shape index (κ3) is 6.73. The lowest BCUT2D eigenvalue weighted by Crippen LogP contribution is -2.40. The molecule has 0 aliphatic rings. The first-order valence-corrected chi connectivity index (χ1v) is 11.6. The zero-order valence-corrected chi connectivity index (χ0v) is 18.5. The highest BCUT2D eigenvalue weighted by atomic mass is 32.2. The van der Waals surface area contributed by atoms with E-state index in [-0.39, 0.29) is 11.7 Å². The second kappa shape index (κ2) is 8.96. The van der Waals surface area contributed by atoms with Gasteiger partial charge in [0.25, 0.3) is 0 Å². The Morgan fingerprint density at radius 3 is 2.40 bits per heavy atom. The van der Waals surface area contributed by atoms with Crippen molar-refractivity contribution < 1.29 is 22.8 Å². The van der Waals surface area contributed by atoms with Crippen LogP contribution in [0.15, 0.2) is 48.5 Å². The zero-order valence-electron chi connectivity index (χ0n) is 16.9. The molecule has 0 amide bonds. The van der Waals surface area contributed by atoms with Crippen molar-refractivity contribution in [3.63, 3.8) is 0 Å². The average molecular weight is 452 g/mol. The van der Waals surface area contributed by atoms with Crippen molar-refractivity contribution in [2.45, 2.75) is 45.2 Å². The lowest BCUT2D eigenvalue weighted by atomic mass is 10.1. The van der Waals surface area contributed by atoms with Crippen molar-refractivity contribution in [1.29, 1.82) is 0 Å². The van der Waals surface area contributed by atoms with Crippen molar-refractivity contribution in [2.75, 3.05) is 4.72 Å². The molecule has 0 fully saturated rings. The molecule has 1 heterocycles. The first-order valence-electron chi connectivity index (χ1n) is 9.30. The number of ether oxygens (including phenoxy) is 1. The molecular formula is C20H25N3O5S2. The number of aromatic nitrogens is 1. The van der Waals surface area contributed by atoms with Crippen molar-refractivity contribution >= 4 is 37.5 Å². The maximum atomic E-state index is 11.0. The summed E-state index contributed by atoms with van der Waals surface area (Å²) in [5, 5.41) is 14.3. The molecule has 0 bridgehead atoms. The van der Waals surface area contributed by atoms with Crippen LogP contribution < -0.4 is 10.0 Å². The highest BCUT2D eigenvalue weighted by molar-refractivity contribution is 7.87. The number of fused-ring (bicyclic) bond motifs is 1. The second-order valence-electron chi connectivity index (χ2n) is 7.80. The number of rotatable bonds is 8. The maximum absolute atomic E-state index is 11.0. The summed E-state index contributed by atoms with van der Waals surface area (Å²) in [5.41, 5.74) is 1.48. The van der Waals surface area contributed by atoms with Crippen LogP contribution in [-0.2, 0) is 21.5 Å². The van der Waals surface area contributed by atoms with Crippen LogP contribution in [0.25, 0.3) is 10.2 Å². The fraction of sp³-hybridized carbons (Fsp3) is 0.350. The van der Waals surface area contributed by atoms with Crippen LogP contribution in [0.4, 0.5) is 5.69 Å². The number of para-hydroxylation sites is 1. The summed E-state index contributed by atoms with van der Waals surface area (Å²) in [6, 6.07) is 14.1. The molecule has 2 atom stereocenters. The van der Waals surface area contributed by atoms with Crippen LogP contribution >= 0.6 is 11.3 Å². The Balaban J connectivity index is 1.83. The van der Waals surface area contributed by atoms with Crippen molar-refractivity contribution in [3.05, 3.63) is 59.1 Å².